The average molecular weight is 817 g/mol. The Morgan fingerprint density at radius 1 is 0.426 bits per heavy atom. The van der Waals surface area contributed by atoms with E-state index in [0.717, 1.165) is 22.3 Å². The summed E-state index contributed by atoms with van der Waals surface area (Å²) in [6, 6.07) is 25.5. The Labute approximate surface area is 321 Å². The number of nitrogens with one attached hydrogen (secondary N) is 2. The highest BCUT2D eigenvalue weighted by molar-refractivity contribution is 7.90. The van der Waals surface area contributed by atoms with Crippen LogP contribution in [0.4, 0.5) is 0 Å². The molecule has 0 aromatic heterocycles. The molecule has 4 aromatic rings. The quantitative estimate of drug-likeness (QED) is 0.0940. The first-order valence-electron chi connectivity index (χ1n) is 17.3. The third-order valence-corrected chi connectivity index (χ3v) is 15.2. The van der Waals surface area contributed by atoms with E-state index in [1.54, 1.807) is 60.7 Å². The molecule has 0 aliphatic heterocycles. The van der Waals surface area contributed by atoms with Crippen LogP contribution in [0.2, 0.25) is 0 Å². The van der Waals surface area contributed by atoms with Crippen LogP contribution in [0.25, 0.3) is 0 Å². The first kappa shape index (κ1) is 43.0. The van der Waals surface area contributed by atoms with E-state index in [9.17, 15) is 33.7 Å². The molecule has 0 aliphatic carbocycles. The van der Waals surface area contributed by atoms with Gasteiger partial charge in [-0.3, -0.25) is 0 Å². The fourth-order valence-corrected chi connectivity index (χ4v) is 10.3. The summed E-state index contributed by atoms with van der Waals surface area (Å²) < 4.78 is 114. The molecule has 54 heavy (non-hydrogen) atoms. The van der Waals surface area contributed by atoms with Crippen LogP contribution < -0.4 is 9.44 Å². The lowest BCUT2D eigenvalue weighted by Gasteiger charge is -2.22. The fourth-order valence-electron chi connectivity index (χ4n) is 5.25. The Bertz CT molecular complexity index is 2150. The Balaban J connectivity index is 1.48. The summed E-state index contributed by atoms with van der Waals surface area (Å²) in [4.78, 5) is 0.347. The predicted molar refractivity (Wildman–Crippen MR) is 211 cm³/mol. The van der Waals surface area contributed by atoms with Gasteiger partial charge in [-0.05, 0) is 89.1 Å². The van der Waals surface area contributed by atoms with Crippen molar-refractivity contribution in [3.8, 4) is 0 Å². The molecular weight excluding hydrogens is 769 g/mol. The second-order valence-corrected chi connectivity index (χ2v) is 20.4. The fraction of sp³-hybridized carbons (Fsp3) is 0.316. The summed E-state index contributed by atoms with van der Waals surface area (Å²) in [6.07, 6.45) is 3.44. The molecule has 0 unspecified atom stereocenters. The van der Waals surface area contributed by atoms with Crippen LogP contribution in [0, 0.1) is 27.7 Å². The van der Waals surface area contributed by atoms with E-state index in [0.29, 0.717) is 0 Å². The Morgan fingerprint density at radius 2 is 0.685 bits per heavy atom. The van der Waals surface area contributed by atoms with Crippen LogP contribution in [-0.2, 0) is 40.1 Å². The second kappa shape index (κ2) is 18.7. The molecule has 0 bridgehead atoms. The summed E-state index contributed by atoms with van der Waals surface area (Å²) in [5, 5.41) is 0. The molecule has 0 heterocycles. The SMILES string of the molecule is Cc1ccc(S(=O)(=O)NCCCN(C/C=C/CN(CCCNS(=O)(=O)c2ccc(C)cc2)S(=O)(=O)c2ccc(C)cc2)S(=O)(=O)c2ccc(C)cc2)cc1. The molecule has 0 saturated carbocycles. The van der Waals surface area contributed by atoms with Gasteiger partial charge in [-0.1, -0.05) is 82.9 Å². The maximum atomic E-state index is 13.8. The summed E-state index contributed by atoms with van der Waals surface area (Å²) in [5.41, 5.74) is 3.58. The first-order valence-corrected chi connectivity index (χ1v) is 23.2. The molecule has 0 aliphatic rings. The summed E-state index contributed by atoms with van der Waals surface area (Å²) in [7, 11) is -15.6. The van der Waals surface area contributed by atoms with Gasteiger partial charge in [0.15, 0.2) is 0 Å². The van der Waals surface area contributed by atoms with Crippen LogP contribution in [-0.4, -0.2) is 81.6 Å². The zero-order valence-electron chi connectivity index (χ0n) is 30.8. The van der Waals surface area contributed by atoms with E-state index in [-0.39, 0.29) is 71.7 Å². The van der Waals surface area contributed by atoms with Gasteiger partial charge < -0.3 is 0 Å². The molecule has 0 fully saturated rings. The molecule has 12 nitrogen and oxygen atoms in total. The van der Waals surface area contributed by atoms with Gasteiger partial charge in [0.25, 0.3) is 0 Å². The van der Waals surface area contributed by atoms with Crippen LogP contribution in [0.5, 0.6) is 0 Å². The zero-order valence-corrected chi connectivity index (χ0v) is 34.1. The van der Waals surface area contributed by atoms with Crippen molar-refractivity contribution >= 4 is 40.1 Å². The van der Waals surface area contributed by atoms with E-state index < -0.39 is 40.1 Å². The molecule has 0 saturated heterocycles. The van der Waals surface area contributed by atoms with Gasteiger partial charge >= 0.3 is 0 Å². The molecule has 16 heteroatoms. The molecule has 0 atom stereocenters. The zero-order chi connectivity index (χ0) is 39.6. The van der Waals surface area contributed by atoms with Crippen molar-refractivity contribution in [2.24, 2.45) is 0 Å². The lowest BCUT2D eigenvalue weighted by Crippen LogP contribution is -2.35. The number of sulfonamides is 4. The van der Waals surface area contributed by atoms with Crippen LogP contribution in [0.15, 0.2) is 129 Å². The molecule has 0 spiro atoms. The third kappa shape index (κ3) is 11.9. The van der Waals surface area contributed by atoms with Crippen LogP contribution in [0.3, 0.4) is 0 Å². The van der Waals surface area contributed by atoms with Gasteiger partial charge in [-0.25, -0.2) is 43.1 Å². The lowest BCUT2D eigenvalue weighted by atomic mass is 10.2. The Morgan fingerprint density at radius 3 is 0.963 bits per heavy atom. The monoisotopic (exact) mass is 816 g/mol. The smallest absolute Gasteiger partial charge is 0.211 e. The van der Waals surface area contributed by atoms with Gasteiger partial charge in [0.2, 0.25) is 40.1 Å². The number of rotatable bonds is 20. The minimum absolute atomic E-state index is 0.0178. The maximum absolute atomic E-state index is 13.8. The average Bonchev–Trinajstić information content (AvgIpc) is 3.12. The minimum atomic E-state index is -4.02. The highest BCUT2D eigenvalue weighted by Gasteiger charge is 2.26. The van der Waals surface area contributed by atoms with Gasteiger partial charge in [0.05, 0.1) is 19.6 Å². The van der Waals surface area contributed by atoms with Crippen LogP contribution >= 0.6 is 0 Å². The Kier molecular flexibility index (Phi) is 14.9. The van der Waals surface area contributed by atoms with Gasteiger partial charge in [0.1, 0.15) is 0 Å². The predicted octanol–water partition coefficient (Wildman–Crippen LogP) is 4.90. The largest absolute Gasteiger partial charge is 0.243 e. The summed E-state index contributed by atoms with van der Waals surface area (Å²) in [5.74, 6) is 0. The number of hydrogen-bond acceptors (Lipinski definition) is 8. The van der Waals surface area contributed by atoms with Gasteiger partial charge in [-0.15, -0.1) is 0 Å². The molecular formula is C38H48N4O8S4. The second-order valence-electron chi connectivity index (χ2n) is 13.0. The number of aryl methyl sites for hydroxylation is 4. The maximum Gasteiger partial charge on any atom is 0.243 e. The molecule has 4 aromatic carbocycles. The minimum Gasteiger partial charge on any atom is -0.211 e. The third-order valence-electron chi connectivity index (χ3n) is 8.52. The first-order chi connectivity index (χ1) is 25.4. The highest BCUT2D eigenvalue weighted by atomic mass is 32.2. The number of nitrogens with zero attached hydrogens (tertiary/aromatic N) is 2. The molecule has 0 amide bonds. The lowest BCUT2D eigenvalue weighted by molar-refractivity contribution is 0.426. The van der Waals surface area contributed by atoms with Crippen molar-refractivity contribution in [3.63, 3.8) is 0 Å². The van der Waals surface area contributed by atoms with Gasteiger partial charge in [0, 0.05) is 39.3 Å². The van der Waals surface area contributed by atoms with Crippen molar-refractivity contribution in [1.82, 2.24) is 18.1 Å². The normalized spacial score (nSPS) is 12.9. The van der Waals surface area contributed by atoms with Crippen molar-refractivity contribution in [2.45, 2.75) is 60.1 Å². The van der Waals surface area contributed by atoms with E-state index in [1.165, 1.54) is 57.1 Å². The van der Waals surface area contributed by atoms with E-state index in [2.05, 4.69) is 9.44 Å². The topological polar surface area (TPSA) is 167 Å². The number of benzene rings is 4. The van der Waals surface area contributed by atoms with E-state index in [4.69, 9.17) is 0 Å². The van der Waals surface area contributed by atoms with E-state index >= 15 is 0 Å². The molecule has 2 N–H and O–H groups in total. The highest BCUT2D eigenvalue weighted by Crippen LogP contribution is 2.19. The van der Waals surface area contributed by atoms with Crippen molar-refractivity contribution < 1.29 is 33.7 Å². The standard InChI is InChI=1S/C38H48N4O8S4/c1-31-9-17-35(18-10-31)51(43,44)39-25-7-29-41(53(47,48)37-21-13-33(3)14-22-37)27-5-6-28-42(54(49,50)38-23-15-34(4)16-24-38)30-8-26-40-52(45,46)36-19-11-32(2)12-20-36/h5-6,9-24,39-40H,7-8,25-30H2,1-4H3/b6-5+. The Hall–Kier alpha value is -3.74. The van der Waals surface area contributed by atoms with Crippen molar-refractivity contribution in [1.29, 1.82) is 0 Å². The van der Waals surface area contributed by atoms with Crippen molar-refractivity contribution in [3.05, 3.63) is 131 Å². The summed E-state index contributed by atoms with van der Waals surface area (Å²) >= 11 is 0. The summed E-state index contributed by atoms with van der Waals surface area (Å²) in [6.45, 7) is 7.06. The molecule has 4 rings (SSSR count). The van der Waals surface area contributed by atoms with Crippen LogP contribution in [0.1, 0.15) is 35.1 Å². The van der Waals surface area contributed by atoms with E-state index in [1.807, 2.05) is 27.7 Å². The molecule has 292 valence electrons. The number of hydrogen-bond donors (Lipinski definition) is 2. The molecule has 0 radical (unpaired) electrons. The van der Waals surface area contributed by atoms with Crippen molar-refractivity contribution in [2.75, 3.05) is 39.3 Å². The van der Waals surface area contributed by atoms with Gasteiger partial charge in [-0.2, -0.15) is 8.61 Å².